The SMILES string of the molecule is Cc1ccc(-c2csc(C(C#N)C(=O)Nc3cccnc3)n2)cc1. The Morgan fingerprint density at radius 2 is 2.08 bits per heavy atom. The van der Waals surface area contributed by atoms with Gasteiger partial charge < -0.3 is 5.32 Å². The zero-order valence-corrected chi connectivity index (χ0v) is 13.7. The first-order valence-corrected chi connectivity index (χ1v) is 8.18. The third-order valence-corrected chi connectivity index (χ3v) is 4.35. The normalized spacial score (nSPS) is 11.5. The minimum Gasteiger partial charge on any atom is -0.323 e. The number of aromatic nitrogens is 2. The predicted octanol–water partition coefficient (Wildman–Crippen LogP) is 3.76. The zero-order chi connectivity index (χ0) is 16.9. The van der Waals surface area contributed by atoms with Gasteiger partial charge in [-0.3, -0.25) is 9.78 Å². The molecule has 1 atom stereocenters. The summed E-state index contributed by atoms with van der Waals surface area (Å²) in [6, 6.07) is 13.4. The van der Waals surface area contributed by atoms with E-state index < -0.39 is 11.8 Å². The van der Waals surface area contributed by atoms with Crippen molar-refractivity contribution in [3.05, 3.63) is 64.7 Å². The summed E-state index contributed by atoms with van der Waals surface area (Å²) < 4.78 is 0. The van der Waals surface area contributed by atoms with Gasteiger partial charge in [-0.25, -0.2) is 4.98 Å². The second kappa shape index (κ2) is 7.02. The van der Waals surface area contributed by atoms with Crippen molar-refractivity contribution in [2.75, 3.05) is 5.32 Å². The van der Waals surface area contributed by atoms with Crippen LogP contribution in [-0.2, 0) is 4.79 Å². The van der Waals surface area contributed by atoms with Crippen molar-refractivity contribution in [3.8, 4) is 17.3 Å². The molecule has 3 rings (SSSR count). The highest BCUT2D eigenvalue weighted by molar-refractivity contribution is 7.10. The molecule has 24 heavy (non-hydrogen) atoms. The molecule has 0 saturated carbocycles. The minimum absolute atomic E-state index is 0.407. The quantitative estimate of drug-likeness (QED) is 0.788. The van der Waals surface area contributed by atoms with Gasteiger partial charge in [-0.1, -0.05) is 29.8 Å². The van der Waals surface area contributed by atoms with Crippen LogP contribution in [0.25, 0.3) is 11.3 Å². The average Bonchev–Trinajstić information content (AvgIpc) is 3.07. The summed E-state index contributed by atoms with van der Waals surface area (Å²) in [4.78, 5) is 20.7. The molecule has 2 heterocycles. The number of nitrogens with one attached hydrogen (secondary N) is 1. The van der Waals surface area contributed by atoms with Gasteiger partial charge in [0.25, 0.3) is 0 Å². The van der Waals surface area contributed by atoms with Crippen molar-refractivity contribution < 1.29 is 4.79 Å². The van der Waals surface area contributed by atoms with E-state index in [4.69, 9.17) is 0 Å². The van der Waals surface area contributed by atoms with Gasteiger partial charge in [0.15, 0.2) is 5.92 Å². The van der Waals surface area contributed by atoms with Crippen molar-refractivity contribution in [2.45, 2.75) is 12.8 Å². The zero-order valence-electron chi connectivity index (χ0n) is 12.9. The second-order valence-electron chi connectivity index (χ2n) is 5.23. The van der Waals surface area contributed by atoms with E-state index in [-0.39, 0.29) is 0 Å². The molecule has 2 aromatic heterocycles. The number of hydrogen-bond acceptors (Lipinski definition) is 5. The van der Waals surface area contributed by atoms with E-state index in [1.807, 2.05) is 42.6 Å². The average molecular weight is 334 g/mol. The molecule has 3 aromatic rings. The number of amides is 1. The van der Waals surface area contributed by atoms with E-state index in [0.29, 0.717) is 10.7 Å². The van der Waals surface area contributed by atoms with Crippen molar-refractivity contribution >= 4 is 22.9 Å². The lowest BCUT2D eigenvalue weighted by atomic mass is 10.1. The van der Waals surface area contributed by atoms with Crippen molar-refractivity contribution in [3.63, 3.8) is 0 Å². The van der Waals surface area contributed by atoms with Gasteiger partial charge in [0.05, 0.1) is 23.6 Å². The highest BCUT2D eigenvalue weighted by Crippen LogP contribution is 2.27. The number of carbonyl (C=O) groups is 1. The summed E-state index contributed by atoms with van der Waals surface area (Å²) in [5.74, 6) is -1.36. The van der Waals surface area contributed by atoms with Gasteiger partial charge in [0.2, 0.25) is 5.91 Å². The maximum Gasteiger partial charge on any atom is 0.248 e. The molecule has 1 unspecified atom stereocenters. The number of thiazole rings is 1. The van der Waals surface area contributed by atoms with Crippen LogP contribution in [0.5, 0.6) is 0 Å². The van der Waals surface area contributed by atoms with Crippen LogP contribution in [0.1, 0.15) is 16.5 Å². The van der Waals surface area contributed by atoms with Gasteiger partial charge in [-0.05, 0) is 19.1 Å². The molecule has 1 N–H and O–H groups in total. The molecule has 0 radical (unpaired) electrons. The Kier molecular flexibility index (Phi) is 4.64. The highest BCUT2D eigenvalue weighted by Gasteiger charge is 2.24. The van der Waals surface area contributed by atoms with Gasteiger partial charge in [0.1, 0.15) is 5.01 Å². The molecule has 0 aliphatic rings. The molecule has 0 bridgehead atoms. The van der Waals surface area contributed by atoms with Crippen LogP contribution in [0.15, 0.2) is 54.2 Å². The lowest BCUT2D eigenvalue weighted by Gasteiger charge is -2.07. The van der Waals surface area contributed by atoms with Gasteiger partial charge in [-0.2, -0.15) is 5.26 Å². The molecule has 0 aliphatic carbocycles. The van der Waals surface area contributed by atoms with E-state index in [9.17, 15) is 10.1 Å². The third kappa shape index (κ3) is 3.47. The van der Waals surface area contributed by atoms with Crippen LogP contribution < -0.4 is 5.32 Å². The first kappa shape index (κ1) is 15.8. The van der Waals surface area contributed by atoms with E-state index in [0.717, 1.165) is 11.3 Å². The van der Waals surface area contributed by atoms with Crippen LogP contribution in [0, 0.1) is 18.3 Å². The topological polar surface area (TPSA) is 78.7 Å². The fraction of sp³-hybridized carbons (Fsp3) is 0.111. The molecule has 118 valence electrons. The Morgan fingerprint density at radius 3 is 2.75 bits per heavy atom. The Labute approximate surface area is 143 Å². The van der Waals surface area contributed by atoms with Gasteiger partial charge in [0, 0.05) is 17.1 Å². The fourth-order valence-electron chi connectivity index (χ4n) is 2.15. The Hall–Kier alpha value is -3.04. The molecular formula is C18H14N4OS. The number of nitrogens with zero attached hydrogens (tertiary/aromatic N) is 3. The number of benzene rings is 1. The number of pyridine rings is 1. The molecule has 0 spiro atoms. The van der Waals surface area contributed by atoms with Gasteiger partial charge in [-0.15, -0.1) is 11.3 Å². The van der Waals surface area contributed by atoms with E-state index in [2.05, 4.69) is 15.3 Å². The molecule has 0 aliphatic heterocycles. The fourth-order valence-corrected chi connectivity index (χ4v) is 3.02. The third-order valence-electron chi connectivity index (χ3n) is 3.44. The maximum absolute atomic E-state index is 12.3. The molecule has 6 heteroatoms. The molecule has 0 fully saturated rings. The summed E-state index contributed by atoms with van der Waals surface area (Å²) >= 11 is 1.31. The number of anilines is 1. The standard InChI is InChI=1S/C18H14N4OS/c1-12-4-6-13(7-5-12)16-11-24-18(22-16)15(9-19)17(23)21-14-3-2-8-20-10-14/h2-8,10-11,15H,1H3,(H,21,23). The molecule has 5 nitrogen and oxygen atoms in total. The predicted molar refractivity (Wildman–Crippen MR) is 93.5 cm³/mol. The first-order valence-electron chi connectivity index (χ1n) is 7.30. The number of hydrogen-bond donors (Lipinski definition) is 1. The molecule has 1 amide bonds. The largest absolute Gasteiger partial charge is 0.323 e. The molecule has 1 aromatic carbocycles. The summed E-state index contributed by atoms with van der Waals surface area (Å²) in [7, 11) is 0. The summed E-state index contributed by atoms with van der Waals surface area (Å²) in [6.07, 6.45) is 3.15. The lowest BCUT2D eigenvalue weighted by Crippen LogP contribution is -2.20. The van der Waals surface area contributed by atoms with Crippen LogP contribution in [0.3, 0.4) is 0 Å². The Balaban J connectivity index is 1.80. The lowest BCUT2D eigenvalue weighted by molar-refractivity contribution is -0.116. The maximum atomic E-state index is 12.3. The van der Waals surface area contributed by atoms with Gasteiger partial charge >= 0.3 is 0 Å². The molecule has 0 saturated heterocycles. The summed E-state index contributed by atoms with van der Waals surface area (Å²) in [5.41, 5.74) is 3.45. The minimum atomic E-state index is -0.950. The first-order chi connectivity index (χ1) is 11.7. The number of rotatable bonds is 4. The van der Waals surface area contributed by atoms with E-state index in [1.165, 1.54) is 23.1 Å². The van der Waals surface area contributed by atoms with E-state index in [1.54, 1.807) is 18.3 Å². The Bertz CT molecular complexity index is 881. The van der Waals surface area contributed by atoms with Crippen molar-refractivity contribution in [1.82, 2.24) is 9.97 Å². The van der Waals surface area contributed by atoms with E-state index >= 15 is 0 Å². The number of aryl methyl sites for hydroxylation is 1. The molecular weight excluding hydrogens is 320 g/mol. The van der Waals surface area contributed by atoms with Crippen LogP contribution in [-0.4, -0.2) is 15.9 Å². The van der Waals surface area contributed by atoms with Crippen molar-refractivity contribution in [2.24, 2.45) is 0 Å². The highest BCUT2D eigenvalue weighted by atomic mass is 32.1. The second-order valence-corrected chi connectivity index (χ2v) is 6.12. The number of carbonyl (C=O) groups excluding carboxylic acids is 1. The van der Waals surface area contributed by atoms with Crippen molar-refractivity contribution in [1.29, 1.82) is 5.26 Å². The van der Waals surface area contributed by atoms with Crippen LogP contribution >= 0.6 is 11.3 Å². The summed E-state index contributed by atoms with van der Waals surface area (Å²) in [6.45, 7) is 2.02. The van der Waals surface area contributed by atoms with Crippen LogP contribution in [0.4, 0.5) is 5.69 Å². The monoisotopic (exact) mass is 334 g/mol. The Morgan fingerprint density at radius 1 is 1.29 bits per heavy atom. The number of nitriles is 1. The van der Waals surface area contributed by atoms with Crippen LogP contribution in [0.2, 0.25) is 0 Å². The smallest absolute Gasteiger partial charge is 0.248 e. The summed E-state index contributed by atoms with van der Waals surface area (Å²) in [5, 5.41) is 14.4.